The normalized spacial score (nSPS) is 10.4. The Balaban J connectivity index is 1.79. The van der Waals surface area contributed by atoms with Crippen molar-refractivity contribution < 1.29 is 32.3 Å². The first-order valence-electron chi connectivity index (χ1n) is 7.94. The van der Waals surface area contributed by atoms with Crippen molar-refractivity contribution in [3.05, 3.63) is 52.5 Å². The Morgan fingerprint density at radius 1 is 1.04 bits per heavy atom. The Labute approximate surface area is 153 Å². The summed E-state index contributed by atoms with van der Waals surface area (Å²) in [6.07, 6.45) is 0. The lowest BCUT2D eigenvalue weighted by Gasteiger charge is -2.08. The van der Waals surface area contributed by atoms with Crippen molar-refractivity contribution in [3.63, 3.8) is 0 Å². The van der Waals surface area contributed by atoms with Gasteiger partial charge in [-0.3, -0.25) is 9.59 Å². The van der Waals surface area contributed by atoms with Crippen LogP contribution in [-0.2, 0) is 14.3 Å². The molecule has 0 aliphatic heterocycles. The Bertz CT molecular complexity index is 892. The van der Waals surface area contributed by atoms with Crippen LogP contribution in [0.15, 0.2) is 22.6 Å². The first-order chi connectivity index (χ1) is 12.7. The minimum absolute atomic E-state index is 0.0425. The largest absolute Gasteiger partial charge is 0.465 e. The van der Waals surface area contributed by atoms with Crippen molar-refractivity contribution >= 4 is 23.5 Å². The summed E-state index contributed by atoms with van der Waals surface area (Å²) < 4.78 is 36.1. The third-order valence-electron chi connectivity index (χ3n) is 3.75. The van der Waals surface area contributed by atoms with Crippen molar-refractivity contribution in [2.24, 2.45) is 0 Å². The summed E-state index contributed by atoms with van der Waals surface area (Å²) in [6, 6.07) is 2.86. The Hall–Kier alpha value is -3.23. The molecule has 144 valence electrons. The number of carbonyl (C=O) groups is 3. The molecule has 7 nitrogen and oxygen atoms in total. The highest BCUT2D eigenvalue weighted by Gasteiger charge is 2.20. The predicted molar refractivity (Wildman–Crippen MR) is 91.2 cm³/mol. The van der Waals surface area contributed by atoms with Crippen molar-refractivity contribution in [3.8, 4) is 0 Å². The zero-order valence-corrected chi connectivity index (χ0v) is 14.9. The summed E-state index contributed by atoms with van der Waals surface area (Å²) in [5.74, 6) is -3.23. The van der Waals surface area contributed by atoms with Gasteiger partial charge in [-0.2, -0.15) is 0 Å². The number of esters is 1. The number of rotatable bonds is 6. The van der Waals surface area contributed by atoms with Crippen LogP contribution in [0.25, 0.3) is 0 Å². The van der Waals surface area contributed by atoms with E-state index in [2.05, 4.69) is 10.6 Å². The lowest BCUT2D eigenvalue weighted by Crippen LogP contribution is -2.35. The fourth-order valence-electron chi connectivity index (χ4n) is 2.31. The van der Waals surface area contributed by atoms with Gasteiger partial charge in [0.25, 0.3) is 5.91 Å². The summed E-state index contributed by atoms with van der Waals surface area (Å²) in [4.78, 5) is 35.4. The predicted octanol–water partition coefficient (Wildman–Crippen LogP) is 2.39. The quantitative estimate of drug-likeness (QED) is 0.750. The Kier molecular flexibility index (Phi) is 6.27. The number of amides is 2. The number of nitrogens with one attached hydrogen (secondary N) is 2. The van der Waals surface area contributed by atoms with E-state index in [9.17, 15) is 23.2 Å². The first-order valence-corrected chi connectivity index (χ1v) is 7.94. The molecule has 1 heterocycles. The molecule has 0 aliphatic carbocycles. The molecule has 0 unspecified atom stereocenters. The monoisotopic (exact) mass is 380 g/mol. The van der Waals surface area contributed by atoms with Gasteiger partial charge in [-0.25, -0.2) is 13.6 Å². The van der Waals surface area contributed by atoms with E-state index >= 15 is 0 Å². The van der Waals surface area contributed by atoms with E-state index in [1.165, 1.54) is 6.07 Å². The number of ether oxygens (including phenoxy) is 1. The van der Waals surface area contributed by atoms with Crippen molar-refractivity contribution in [1.82, 2.24) is 5.32 Å². The fraction of sp³-hybridized carbons (Fsp3) is 0.278. The molecular weight excluding hydrogens is 362 g/mol. The van der Waals surface area contributed by atoms with E-state index in [1.807, 2.05) is 0 Å². The number of hydrogen-bond donors (Lipinski definition) is 2. The average molecular weight is 380 g/mol. The first kappa shape index (κ1) is 20.1. The summed E-state index contributed by atoms with van der Waals surface area (Å²) in [7, 11) is 0. The summed E-state index contributed by atoms with van der Waals surface area (Å²) in [6.45, 7) is 4.00. The highest BCUT2D eigenvalue weighted by molar-refractivity contribution is 5.96. The molecular formula is C18H18F2N2O5. The molecule has 0 saturated heterocycles. The van der Waals surface area contributed by atoms with Gasteiger partial charge in [0.05, 0.1) is 6.54 Å². The summed E-state index contributed by atoms with van der Waals surface area (Å²) in [5, 5.41) is 4.54. The standard InChI is InChI=1S/C18H18F2N2O5/c1-9-10(2)27-11(3)17(9)18(25)26-8-16(24)21-7-15(23)22-12-4-5-13(19)14(20)6-12/h4-6H,7-8H2,1-3H3,(H,21,24)(H,22,23). The van der Waals surface area contributed by atoms with E-state index in [4.69, 9.17) is 9.15 Å². The molecule has 2 amide bonds. The van der Waals surface area contributed by atoms with E-state index in [1.54, 1.807) is 20.8 Å². The minimum Gasteiger partial charge on any atom is -0.465 e. The highest BCUT2D eigenvalue weighted by Crippen LogP contribution is 2.21. The van der Waals surface area contributed by atoms with Gasteiger partial charge in [0, 0.05) is 17.3 Å². The molecule has 1 aromatic carbocycles. The second kappa shape index (κ2) is 8.43. The van der Waals surface area contributed by atoms with Gasteiger partial charge < -0.3 is 19.8 Å². The van der Waals surface area contributed by atoms with Crippen LogP contribution in [-0.4, -0.2) is 30.9 Å². The molecule has 0 saturated carbocycles. The van der Waals surface area contributed by atoms with E-state index in [-0.39, 0.29) is 11.3 Å². The van der Waals surface area contributed by atoms with Crippen LogP contribution in [0.4, 0.5) is 14.5 Å². The maximum absolute atomic E-state index is 13.1. The smallest absolute Gasteiger partial charge is 0.342 e. The Morgan fingerprint density at radius 2 is 1.74 bits per heavy atom. The van der Waals surface area contributed by atoms with Gasteiger partial charge in [-0.05, 0) is 32.9 Å². The molecule has 0 aliphatic rings. The molecule has 0 radical (unpaired) electrons. The number of anilines is 1. The fourth-order valence-corrected chi connectivity index (χ4v) is 2.31. The van der Waals surface area contributed by atoms with Crippen LogP contribution in [0, 0.1) is 32.4 Å². The second-order valence-electron chi connectivity index (χ2n) is 5.74. The van der Waals surface area contributed by atoms with E-state index in [0.717, 1.165) is 12.1 Å². The molecule has 0 atom stereocenters. The second-order valence-corrected chi connectivity index (χ2v) is 5.74. The zero-order chi connectivity index (χ0) is 20.1. The highest BCUT2D eigenvalue weighted by atomic mass is 19.2. The average Bonchev–Trinajstić information content (AvgIpc) is 2.86. The van der Waals surface area contributed by atoms with Gasteiger partial charge in [-0.1, -0.05) is 0 Å². The number of aryl methyl sites for hydroxylation is 2. The van der Waals surface area contributed by atoms with Gasteiger partial charge in [0.1, 0.15) is 17.1 Å². The SMILES string of the molecule is Cc1oc(C)c(C(=O)OCC(=O)NCC(=O)Nc2ccc(F)c(F)c2)c1C. The van der Waals surface area contributed by atoms with Crippen molar-refractivity contribution in [2.75, 3.05) is 18.5 Å². The number of furan rings is 1. The molecule has 2 rings (SSSR count). The molecule has 0 fully saturated rings. The number of hydrogen-bond acceptors (Lipinski definition) is 5. The van der Waals surface area contributed by atoms with Crippen LogP contribution in [0.2, 0.25) is 0 Å². The molecule has 0 bridgehead atoms. The third kappa shape index (κ3) is 5.13. The molecule has 2 aromatic rings. The topological polar surface area (TPSA) is 97.6 Å². The van der Waals surface area contributed by atoms with Gasteiger partial charge >= 0.3 is 5.97 Å². The molecule has 2 N–H and O–H groups in total. The number of halogens is 2. The van der Waals surface area contributed by atoms with Crippen molar-refractivity contribution in [2.45, 2.75) is 20.8 Å². The minimum atomic E-state index is -1.11. The summed E-state index contributed by atoms with van der Waals surface area (Å²) in [5.41, 5.74) is 0.932. The van der Waals surface area contributed by atoms with Gasteiger partial charge in [0.15, 0.2) is 18.2 Å². The van der Waals surface area contributed by atoms with Crippen molar-refractivity contribution in [1.29, 1.82) is 0 Å². The zero-order valence-electron chi connectivity index (χ0n) is 14.9. The van der Waals surface area contributed by atoms with Crippen LogP contribution >= 0.6 is 0 Å². The van der Waals surface area contributed by atoms with E-state index in [0.29, 0.717) is 17.1 Å². The van der Waals surface area contributed by atoms with E-state index < -0.39 is 42.6 Å². The van der Waals surface area contributed by atoms with Crippen LogP contribution < -0.4 is 10.6 Å². The maximum atomic E-state index is 13.1. The molecule has 9 heteroatoms. The lowest BCUT2D eigenvalue weighted by atomic mass is 10.1. The van der Waals surface area contributed by atoms with Crippen LogP contribution in [0.5, 0.6) is 0 Å². The molecule has 1 aromatic heterocycles. The number of benzene rings is 1. The molecule has 27 heavy (non-hydrogen) atoms. The Morgan fingerprint density at radius 3 is 2.33 bits per heavy atom. The number of carbonyl (C=O) groups excluding carboxylic acids is 3. The summed E-state index contributed by atoms with van der Waals surface area (Å²) >= 11 is 0. The maximum Gasteiger partial charge on any atom is 0.342 e. The van der Waals surface area contributed by atoms with Crippen LogP contribution in [0.3, 0.4) is 0 Å². The van der Waals surface area contributed by atoms with Gasteiger partial charge in [-0.15, -0.1) is 0 Å². The molecule has 0 spiro atoms. The lowest BCUT2D eigenvalue weighted by molar-refractivity contribution is -0.126. The van der Waals surface area contributed by atoms with Gasteiger partial charge in [0.2, 0.25) is 5.91 Å². The third-order valence-corrected chi connectivity index (χ3v) is 3.75. The van der Waals surface area contributed by atoms with Crippen LogP contribution in [0.1, 0.15) is 27.4 Å².